The molecule has 1 saturated heterocycles. The van der Waals surface area contributed by atoms with E-state index in [1.165, 1.54) is 12.0 Å². The molecule has 1 aliphatic heterocycles. The molecule has 92 valence electrons. The van der Waals surface area contributed by atoms with Crippen molar-refractivity contribution in [2.75, 3.05) is 6.54 Å². The Hall–Kier alpha value is -1.35. The van der Waals surface area contributed by atoms with Crippen molar-refractivity contribution in [2.24, 2.45) is 5.73 Å². The van der Waals surface area contributed by atoms with Gasteiger partial charge in [-0.05, 0) is 24.0 Å². The molecule has 1 fully saturated rings. The molecular weight excluding hydrogens is 212 g/mol. The summed E-state index contributed by atoms with van der Waals surface area (Å²) in [6.45, 7) is 2.14. The lowest BCUT2D eigenvalue weighted by molar-refractivity contribution is -0.131. The van der Waals surface area contributed by atoms with Crippen LogP contribution in [-0.4, -0.2) is 17.4 Å². The maximum absolute atomic E-state index is 11.9. The molecule has 2 rings (SSSR count). The standard InChI is InChI=1S/C14H20N2O/c15-10-12-6-3-4-7-13(12)11-16-9-5-1-2-8-14(16)17/h3-4,6-7H,1-2,5,8-11,15H2. The van der Waals surface area contributed by atoms with Gasteiger partial charge in [0.15, 0.2) is 0 Å². The topological polar surface area (TPSA) is 46.3 Å². The highest BCUT2D eigenvalue weighted by Crippen LogP contribution is 2.16. The number of likely N-dealkylation sites (tertiary alicyclic amines) is 1. The van der Waals surface area contributed by atoms with E-state index in [9.17, 15) is 4.79 Å². The van der Waals surface area contributed by atoms with Gasteiger partial charge in [0.1, 0.15) is 0 Å². The number of rotatable bonds is 3. The summed E-state index contributed by atoms with van der Waals surface area (Å²) >= 11 is 0. The lowest BCUT2D eigenvalue weighted by Crippen LogP contribution is -2.30. The molecule has 0 atom stereocenters. The number of amides is 1. The van der Waals surface area contributed by atoms with E-state index < -0.39 is 0 Å². The van der Waals surface area contributed by atoms with Gasteiger partial charge in [0.2, 0.25) is 5.91 Å². The summed E-state index contributed by atoms with van der Waals surface area (Å²) in [6, 6.07) is 8.12. The zero-order valence-corrected chi connectivity index (χ0v) is 10.2. The van der Waals surface area contributed by atoms with Crippen LogP contribution in [0.25, 0.3) is 0 Å². The van der Waals surface area contributed by atoms with Gasteiger partial charge in [-0.15, -0.1) is 0 Å². The Labute approximate surface area is 103 Å². The van der Waals surface area contributed by atoms with E-state index in [2.05, 4.69) is 6.07 Å². The number of benzene rings is 1. The van der Waals surface area contributed by atoms with E-state index in [4.69, 9.17) is 5.73 Å². The molecule has 1 aliphatic rings. The average Bonchev–Trinajstić information content (AvgIpc) is 2.56. The molecule has 3 heteroatoms. The Kier molecular flexibility index (Phi) is 4.15. The molecule has 3 nitrogen and oxygen atoms in total. The summed E-state index contributed by atoms with van der Waals surface area (Å²) < 4.78 is 0. The van der Waals surface area contributed by atoms with Gasteiger partial charge in [-0.1, -0.05) is 30.7 Å². The highest BCUT2D eigenvalue weighted by Gasteiger charge is 2.17. The first-order chi connectivity index (χ1) is 8.31. The third-order valence-electron chi connectivity index (χ3n) is 3.37. The van der Waals surface area contributed by atoms with E-state index in [0.29, 0.717) is 19.5 Å². The van der Waals surface area contributed by atoms with E-state index >= 15 is 0 Å². The van der Waals surface area contributed by atoms with Crippen molar-refractivity contribution in [3.05, 3.63) is 35.4 Å². The van der Waals surface area contributed by atoms with Crippen molar-refractivity contribution in [1.82, 2.24) is 4.90 Å². The van der Waals surface area contributed by atoms with Crippen LogP contribution in [0.5, 0.6) is 0 Å². The van der Waals surface area contributed by atoms with Crippen molar-refractivity contribution in [3.63, 3.8) is 0 Å². The predicted molar refractivity (Wildman–Crippen MR) is 68.2 cm³/mol. The zero-order chi connectivity index (χ0) is 12.1. The van der Waals surface area contributed by atoms with Crippen LogP contribution in [0.3, 0.4) is 0 Å². The van der Waals surface area contributed by atoms with E-state index in [1.54, 1.807) is 0 Å². The first kappa shape index (κ1) is 12.1. The van der Waals surface area contributed by atoms with Crippen molar-refractivity contribution >= 4 is 5.91 Å². The third-order valence-corrected chi connectivity index (χ3v) is 3.37. The van der Waals surface area contributed by atoms with Gasteiger partial charge >= 0.3 is 0 Å². The number of hydrogen-bond donors (Lipinski definition) is 1. The maximum atomic E-state index is 11.9. The second-order valence-corrected chi connectivity index (χ2v) is 4.60. The Morgan fingerprint density at radius 3 is 2.65 bits per heavy atom. The Morgan fingerprint density at radius 1 is 1.12 bits per heavy atom. The molecular formula is C14H20N2O. The minimum Gasteiger partial charge on any atom is -0.338 e. The van der Waals surface area contributed by atoms with E-state index in [1.807, 2.05) is 23.1 Å². The maximum Gasteiger partial charge on any atom is 0.222 e. The average molecular weight is 232 g/mol. The molecule has 0 bridgehead atoms. The Balaban J connectivity index is 2.10. The highest BCUT2D eigenvalue weighted by atomic mass is 16.2. The van der Waals surface area contributed by atoms with Crippen molar-refractivity contribution in [1.29, 1.82) is 0 Å². The molecule has 0 aliphatic carbocycles. The lowest BCUT2D eigenvalue weighted by atomic mass is 10.1. The van der Waals surface area contributed by atoms with Gasteiger partial charge in [0.05, 0.1) is 0 Å². The van der Waals surface area contributed by atoms with Crippen molar-refractivity contribution in [2.45, 2.75) is 38.8 Å². The summed E-state index contributed by atoms with van der Waals surface area (Å²) in [7, 11) is 0. The van der Waals surface area contributed by atoms with Crippen LogP contribution in [0, 0.1) is 0 Å². The molecule has 0 saturated carbocycles. The Morgan fingerprint density at radius 2 is 1.88 bits per heavy atom. The van der Waals surface area contributed by atoms with Crippen molar-refractivity contribution < 1.29 is 4.79 Å². The second kappa shape index (κ2) is 5.82. The van der Waals surface area contributed by atoms with Crippen LogP contribution < -0.4 is 5.73 Å². The molecule has 0 unspecified atom stereocenters. The Bertz CT molecular complexity index is 390. The number of hydrogen-bond acceptors (Lipinski definition) is 2. The smallest absolute Gasteiger partial charge is 0.222 e. The predicted octanol–water partition coefficient (Wildman–Crippen LogP) is 2.05. The molecule has 1 aromatic carbocycles. The summed E-state index contributed by atoms with van der Waals surface area (Å²) in [5.74, 6) is 0.286. The van der Waals surface area contributed by atoms with Crippen LogP contribution in [-0.2, 0) is 17.9 Å². The number of carbonyl (C=O) groups excluding carboxylic acids is 1. The normalized spacial score (nSPS) is 17.0. The van der Waals surface area contributed by atoms with Crippen LogP contribution >= 0.6 is 0 Å². The highest BCUT2D eigenvalue weighted by molar-refractivity contribution is 5.76. The molecule has 1 amide bonds. The van der Waals surface area contributed by atoms with Gasteiger partial charge in [0.25, 0.3) is 0 Å². The minimum atomic E-state index is 0.286. The van der Waals surface area contributed by atoms with Gasteiger partial charge in [0, 0.05) is 26.1 Å². The van der Waals surface area contributed by atoms with Crippen LogP contribution in [0.4, 0.5) is 0 Å². The monoisotopic (exact) mass is 232 g/mol. The molecule has 17 heavy (non-hydrogen) atoms. The fraction of sp³-hybridized carbons (Fsp3) is 0.500. The molecule has 0 spiro atoms. The molecule has 0 aromatic heterocycles. The van der Waals surface area contributed by atoms with Crippen LogP contribution in [0.1, 0.15) is 36.8 Å². The number of carbonyl (C=O) groups is 1. The van der Waals surface area contributed by atoms with Crippen molar-refractivity contribution in [3.8, 4) is 0 Å². The van der Waals surface area contributed by atoms with Gasteiger partial charge in [-0.25, -0.2) is 0 Å². The third kappa shape index (κ3) is 3.07. The fourth-order valence-corrected chi connectivity index (χ4v) is 2.32. The molecule has 0 radical (unpaired) electrons. The van der Waals surface area contributed by atoms with E-state index in [-0.39, 0.29) is 5.91 Å². The second-order valence-electron chi connectivity index (χ2n) is 4.60. The fourth-order valence-electron chi connectivity index (χ4n) is 2.32. The summed E-state index contributed by atoms with van der Waals surface area (Å²) in [5.41, 5.74) is 8.05. The largest absolute Gasteiger partial charge is 0.338 e. The molecule has 2 N–H and O–H groups in total. The quantitative estimate of drug-likeness (QED) is 0.867. The van der Waals surface area contributed by atoms with Gasteiger partial charge < -0.3 is 10.6 Å². The SMILES string of the molecule is NCc1ccccc1CN1CCCCCC1=O. The van der Waals surface area contributed by atoms with Crippen LogP contribution in [0.2, 0.25) is 0 Å². The summed E-state index contributed by atoms with van der Waals surface area (Å²) in [4.78, 5) is 13.9. The van der Waals surface area contributed by atoms with Gasteiger partial charge in [-0.2, -0.15) is 0 Å². The first-order valence-corrected chi connectivity index (χ1v) is 6.36. The molecule has 1 heterocycles. The summed E-state index contributed by atoms with van der Waals surface area (Å²) in [6.07, 6.45) is 4.02. The zero-order valence-electron chi connectivity index (χ0n) is 10.2. The molecule has 1 aromatic rings. The van der Waals surface area contributed by atoms with Crippen LogP contribution in [0.15, 0.2) is 24.3 Å². The lowest BCUT2D eigenvalue weighted by Gasteiger charge is -2.21. The van der Waals surface area contributed by atoms with Gasteiger partial charge in [-0.3, -0.25) is 4.79 Å². The minimum absolute atomic E-state index is 0.286. The van der Waals surface area contributed by atoms with E-state index in [0.717, 1.165) is 24.9 Å². The number of nitrogens with zero attached hydrogens (tertiary/aromatic N) is 1. The summed E-state index contributed by atoms with van der Waals surface area (Å²) in [5, 5.41) is 0. The first-order valence-electron chi connectivity index (χ1n) is 6.36. The number of nitrogens with two attached hydrogens (primary N) is 1.